The summed E-state index contributed by atoms with van der Waals surface area (Å²) in [5.41, 5.74) is 4.41. The molecule has 2 atom stereocenters. The highest BCUT2D eigenvalue weighted by Crippen LogP contribution is 2.35. The lowest BCUT2D eigenvalue weighted by Crippen LogP contribution is -2.43. The molecule has 6 heterocycles. The van der Waals surface area contributed by atoms with Crippen LogP contribution in [0.1, 0.15) is 37.3 Å². The standard InChI is InChI=1S/C35H37N9O2/c45-35(38-26-6-2-1-3-7-26)39-27-10-8-25(9-11-27)32-40-33(43-22-29-12-13-30(23-43)46-29)31-20-37-44(34(31)41-32)28-14-17-42(18-15-28)21-24-5-4-16-36-19-24/h1-11,16,19-20,28-30H,12-15,17-18,21-23H2,(H2,38,39,45). The van der Waals surface area contributed by atoms with Gasteiger partial charge in [0.05, 0.1) is 29.8 Å². The maximum absolute atomic E-state index is 12.6. The van der Waals surface area contributed by atoms with E-state index in [1.807, 2.05) is 79.3 Å². The number of pyridine rings is 1. The molecule has 0 radical (unpaired) electrons. The fraction of sp³-hybridized carbons (Fsp3) is 0.343. The number of urea groups is 1. The third-order valence-electron chi connectivity index (χ3n) is 9.24. The van der Waals surface area contributed by atoms with Crippen molar-refractivity contribution in [3.05, 3.63) is 90.9 Å². The second-order valence-corrected chi connectivity index (χ2v) is 12.5. The van der Waals surface area contributed by atoms with Crippen molar-refractivity contribution in [1.29, 1.82) is 0 Å². The number of anilines is 3. The topological polar surface area (TPSA) is 113 Å². The number of nitrogens with zero attached hydrogens (tertiary/aromatic N) is 7. The SMILES string of the molecule is O=C(Nc1ccccc1)Nc1ccc(-c2nc(N3CC4CCC(C3)O4)c3cnn(C4CCN(Cc5cccnc5)CC4)c3n2)cc1. The van der Waals surface area contributed by atoms with Crippen LogP contribution in [0.15, 0.2) is 85.3 Å². The number of nitrogens with one attached hydrogen (secondary N) is 2. The molecule has 2 aromatic carbocycles. The zero-order valence-electron chi connectivity index (χ0n) is 25.6. The van der Waals surface area contributed by atoms with E-state index in [1.54, 1.807) is 0 Å². The Morgan fingerprint density at radius 1 is 0.826 bits per heavy atom. The summed E-state index contributed by atoms with van der Waals surface area (Å²) in [4.78, 5) is 32.0. The van der Waals surface area contributed by atoms with Gasteiger partial charge in [-0.1, -0.05) is 24.3 Å². The Labute approximate surface area is 267 Å². The fourth-order valence-electron chi connectivity index (χ4n) is 6.93. The van der Waals surface area contributed by atoms with Crippen LogP contribution in [0.5, 0.6) is 0 Å². The van der Waals surface area contributed by atoms with Crippen LogP contribution in [-0.4, -0.2) is 74.1 Å². The molecular weight excluding hydrogens is 578 g/mol. The van der Waals surface area contributed by atoms with Crippen molar-refractivity contribution >= 4 is 34.3 Å². The average molecular weight is 616 g/mol. The fourth-order valence-corrected chi connectivity index (χ4v) is 6.93. The van der Waals surface area contributed by atoms with Gasteiger partial charge in [0, 0.05) is 62.1 Å². The first kappa shape index (κ1) is 28.6. The molecule has 3 fully saturated rings. The predicted octanol–water partition coefficient (Wildman–Crippen LogP) is 5.74. The van der Waals surface area contributed by atoms with Crippen molar-refractivity contribution < 1.29 is 9.53 Å². The minimum Gasteiger partial charge on any atom is -0.371 e. The van der Waals surface area contributed by atoms with E-state index < -0.39 is 0 Å². The molecule has 46 heavy (non-hydrogen) atoms. The number of rotatable bonds is 7. The lowest BCUT2D eigenvalue weighted by molar-refractivity contribution is 0.0303. The quantitative estimate of drug-likeness (QED) is 0.239. The largest absolute Gasteiger partial charge is 0.371 e. The monoisotopic (exact) mass is 615 g/mol. The van der Waals surface area contributed by atoms with Crippen LogP contribution in [-0.2, 0) is 11.3 Å². The van der Waals surface area contributed by atoms with E-state index in [2.05, 4.69) is 36.2 Å². The molecule has 11 heteroatoms. The highest BCUT2D eigenvalue weighted by molar-refractivity contribution is 5.99. The summed E-state index contributed by atoms with van der Waals surface area (Å²) in [6.07, 6.45) is 10.4. The minimum absolute atomic E-state index is 0.235. The van der Waals surface area contributed by atoms with E-state index in [4.69, 9.17) is 19.8 Å². The summed E-state index contributed by atoms with van der Waals surface area (Å²) >= 11 is 0. The molecule has 3 aromatic heterocycles. The highest BCUT2D eigenvalue weighted by atomic mass is 16.5. The van der Waals surface area contributed by atoms with Crippen LogP contribution in [0, 0.1) is 0 Å². The number of aromatic nitrogens is 5. The second-order valence-electron chi connectivity index (χ2n) is 12.5. The van der Waals surface area contributed by atoms with Gasteiger partial charge in [-0.25, -0.2) is 19.4 Å². The van der Waals surface area contributed by atoms with Crippen molar-refractivity contribution in [3.63, 3.8) is 0 Å². The average Bonchev–Trinajstić information content (AvgIpc) is 3.67. The first-order valence-electron chi connectivity index (χ1n) is 16.1. The number of carbonyl (C=O) groups excluding carboxylic acids is 1. The first-order valence-corrected chi connectivity index (χ1v) is 16.1. The Morgan fingerprint density at radius 2 is 1.57 bits per heavy atom. The molecule has 3 aliphatic rings. The smallest absolute Gasteiger partial charge is 0.323 e. The molecule has 2 unspecified atom stereocenters. The third-order valence-corrected chi connectivity index (χ3v) is 9.24. The van der Waals surface area contributed by atoms with E-state index in [-0.39, 0.29) is 24.3 Å². The maximum atomic E-state index is 12.6. The lowest BCUT2D eigenvalue weighted by atomic mass is 10.0. The number of para-hydroxylation sites is 1. The molecular formula is C35H37N9O2. The number of ether oxygens (including phenoxy) is 1. The van der Waals surface area contributed by atoms with Gasteiger partial charge in [-0.3, -0.25) is 9.88 Å². The summed E-state index contributed by atoms with van der Waals surface area (Å²) in [5, 5.41) is 11.7. The van der Waals surface area contributed by atoms with Crippen molar-refractivity contribution in [1.82, 2.24) is 29.6 Å². The van der Waals surface area contributed by atoms with Crippen LogP contribution < -0.4 is 15.5 Å². The van der Waals surface area contributed by atoms with Gasteiger partial charge in [0.2, 0.25) is 0 Å². The van der Waals surface area contributed by atoms with E-state index in [0.717, 1.165) is 86.5 Å². The van der Waals surface area contributed by atoms with Gasteiger partial charge in [0.25, 0.3) is 0 Å². The molecule has 2 amide bonds. The molecule has 11 nitrogen and oxygen atoms in total. The van der Waals surface area contributed by atoms with Gasteiger partial charge >= 0.3 is 6.03 Å². The number of fused-ring (bicyclic) bond motifs is 3. The summed E-state index contributed by atoms with van der Waals surface area (Å²) in [6, 6.07) is 21.2. The number of carbonyl (C=O) groups is 1. The summed E-state index contributed by atoms with van der Waals surface area (Å²) < 4.78 is 8.29. The van der Waals surface area contributed by atoms with Crippen LogP contribution in [0.4, 0.5) is 22.0 Å². The Bertz CT molecular complexity index is 1790. The molecule has 8 rings (SSSR count). The molecule has 2 N–H and O–H groups in total. The number of hydrogen-bond donors (Lipinski definition) is 2. The molecule has 234 valence electrons. The van der Waals surface area contributed by atoms with Crippen LogP contribution in [0.2, 0.25) is 0 Å². The maximum Gasteiger partial charge on any atom is 0.323 e. The summed E-state index contributed by atoms with van der Waals surface area (Å²) in [5.74, 6) is 1.57. The van der Waals surface area contributed by atoms with Crippen molar-refractivity contribution in [2.24, 2.45) is 0 Å². The summed E-state index contributed by atoms with van der Waals surface area (Å²) in [6.45, 7) is 4.53. The lowest BCUT2D eigenvalue weighted by Gasteiger charge is -2.33. The number of hydrogen-bond acceptors (Lipinski definition) is 8. The number of morpholine rings is 1. The number of amides is 2. The van der Waals surface area contributed by atoms with Crippen LogP contribution in [0.25, 0.3) is 22.4 Å². The van der Waals surface area contributed by atoms with E-state index in [9.17, 15) is 4.79 Å². The normalized spacial score (nSPS) is 20.2. The molecule has 5 aromatic rings. The van der Waals surface area contributed by atoms with Gasteiger partial charge in [0.1, 0.15) is 5.82 Å². The van der Waals surface area contributed by atoms with E-state index in [1.165, 1.54) is 5.56 Å². The molecule has 3 aliphatic heterocycles. The Morgan fingerprint density at radius 3 is 2.28 bits per heavy atom. The second kappa shape index (κ2) is 12.5. The van der Waals surface area contributed by atoms with Gasteiger partial charge in [-0.05, 0) is 73.7 Å². The zero-order chi connectivity index (χ0) is 30.9. The summed E-state index contributed by atoms with van der Waals surface area (Å²) in [7, 11) is 0. The molecule has 2 bridgehead atoms. The van der Waals surface area contributed by atoms with E-state index in [0.29, 0.717) is 11.5 Å². The molecule has 0 spiro atoms. The van der Waals surface area contributed by atoms with Crippen molar-refractivity contribution in [2.75, 3.05) is 41.7 Å². The number of likely N-dealkylation sites (tertiary alicyclic amines) is 1. The zero-order valence-corrected chi connectivity index (χ0v) is 25.6. The van der Waals surface area contributed by atoms with Gasteiger partial charge in [-0.15, -0.1) is 0 Å². The third kappa shape index (κ3) is 6.03. The Kier molecular flexibility index (Phi) is 7.77. The highest BCUT2D eigenvalue weighted by Gasteiger charge is 2.36. The number of piperidine rings is 1. The molecule has 0 aliphatic carbocycles. The number of benzene rings is 2. The van der Waals surface area contributed by atoms with Crippen LogP contribution >= 0.6 is 0 Å². The van der Waals surface area contributed by atoms with Crippen LogP contribution in [0.3, 0.4) is 0 Å². The van der Waals surface area contributed by atoms with Crippen molar-refractivity contribution in [2.45, 2.75) is 50.5 Å². The van der Waals surface area contributed by atoms with Crippen molar-refractivity contribution in [3.8, 4) is 11.4 Å². The van der Waals surface area contributed by atoms with Gasteiger partial charge < -0.3 is 20.3 Å². The van der Waals surface area contributed by atoms with Gasteiger partial charge in [0.15, 0.2) is 11.5 Å². The van der Waals surface area contributed by atoms with Gasteiger partial charge in [-0.2, -0.15) is 5.10 Å². The van der Waals surface area contributed by atoms with E-state index >= 15 is 0 Å². The molecule has 0 saturated carbocycles. The first-order chi connectivity index (χ1) is 22.6. The minimum atomic E-state index is -0.295. The molecule has 3 saturated heterocycles. The Balaban J connectivity index is 1.06. The predicted molar refractivity (Wildman–Crippen MR) is 178 cm³/mol. The Hall–Kier alpha value is -4.87.